The number of piperidine rings is 1. The van der Waals surface area contributed by atoms with Crippen LogP contribution in [0.2, 0.25) is 0 Å². The van der Waals surface area contributed by atoms with Gasteiger partial charge in [0.05, 0.1) is 0 Å². The molecule has 0 amide bonds. The predicted molar refractivity (Wildman–Crippen MR) is 65.0 cm³/mol. The molecule has 0 aromatic carbocycles. The monoisotopic (exact) mass is 210 g/mol. The van der Waals surface area contributed by atoms with E-state index in [1.807, 2.05) is 0 Å². The Hall–Kier alpha value is -0.0800. The molecular formula is C13H26N2. The first-order valence-electron chi connectivity index (χ1n) is 6.80. The standard InChI is InChI=1S/C13H26N2/c1-11-9-14-8-7-13(11)15-10-12-5-3-2-4-6-12/h11-15H,2-10H2,1H3. The fourth-order valence-corrected chi connectivity index (χ4v) is 3.03. The van der Waals surface area contributed by atoms with Gasteiger partial charge in [0.2, 0.25) is 0 Å². The molecule has 0 aromatic rings. The highest BCUT2D eigenvalue weighted by atomic mass is 15.0. The van der Waals surface area contributed by atoms with Crippen LogP contribution >= 0.6 is 0 Å². The number of rotatable bonds is 3. The molecule has 0 bridgehead atoms. The van der Waals surface area contributed by atoms with Gasteiger partial charge in [0.25, 0.3) is 0 Å². The first kappa shape index (κ1) is 11.4. The number of hydrogen-bond donors (Lipinski definition) is 2. The molecule has 1 saturated carbocycles. The third kappa shape index (κ3) is 3.46. The van der Waals surface area contributed by atoms with E-state index in [9.17, 15) is 0 Å². The van der Waals surface area contributed by atoms with Gasteiger partial charge in [-0.1, -0.05) is 26.2 Å². The van der Waals surface area contributed by atoms with Crippen molar-refractivity contribution in [1.82, 2.24) is 10.6 Å². The summed E-state index contributed by atoms with van der Waals surface area (Å²) in [5.41, 5.74) is 0. The Labute approximate surface area is 94.2 Å². The summed E-state index contributed by atoms with van der Waals surface area (Å²) in [5.74, 6) is 1.78. The molecule has 2 unspecified atom stereocenters. The van der Waals surface area contributed by atoms with Crippen molar-refractivity contribution in [3.63, 3.8) is 0 Å². The summed E-state index contributed by atoms with van der Waals surface area (Å²) in [6.07, 6.45) is 8.65. The van der Waals surface area contributed by atoms with Crippen LogP contribution < -0.4 is 10.6 Å². The van der Waals surface area contributed by atoms with Gasteiger partial charge in [0.1, 0.15) is 0 Å². The van der Waals surface area contributed by atoms with E-state index < -0.39 is 0 Å². The molecule has 1 aliphatic heterocycles. The van der Waals surface area contributed by atoms with E-state index in [1.165, 1.54) is 58.2 Å². The summed E-state index contributed by atoms with van der Waals surface area (Å²) < 4.78 is 0. The lowest BCUT2D eigenvalue weighted by molar-refractivity contribution is 0.262. The molecule has 2 heteroatoms. The molecule has 0 aromatic heterocycles. The average Bonchev–Trinajstić information content (AvgIpc) is 2.29. The summed E-state index contributed by atoms with van der Waals surface area (Å²) in [7, 11) is 0. The maximum atomic E-state index is 3.80. The molecule has 2 aliphatic rings. The highest BCUT2D eigenvalue weighted by molar-refractivity contribution is 4.81. The molecule has 0 radical (unpaired) electrons. The lowest BCUT2D eigenvalue weighted by Crippen LogP contribution is -2.47. The largest absolute Gasteiger partial charge is 0.316 e. The molecular weight excluding hydrogens is 184 g/mol. The highest BCUT2D eigenvalue weighted by Crippen LogP contribution is 2.23. The van der Waals surface area contributed by atoms with Crippen LogP contribution in [-0.2, 0) is 0 Å². The van der Waals surface area contributed by atoms with Gasteiger partial charge < -0.3 is 10.6 Å². The van der Waals surface area contributed by atoms with Gasteiger partial charge in [-0.25, -0.2) is 0 Å². The Morgan fingerprint density at radius 2 is 1.93 bits per heavy atom. The van der Waals surface area contributed by atoms with Gasteiger partial charge in [0.15, 0.2) is 0 Å². The van der Waals surface area contributed by atoms with Crippen LogP contribution in [0, 0.1) is 11.8 Å². The summed E-state index contributed by atoms with van der Waals surface area (Å²) in [6.45, 7) is 6.04. The zero-order chi connectivity index (χ0) is 10.5. The molecule has 2 atom stereocenters. The lowest BCUT2D eigenvalue weighted by atomic mass is 9.88. The normalized spacial score (nSPS) is 34.2. The van der Waals surface area contributed by atoms with Crippen LogP contribution in [0.25, 0.3) is 0 Å². The van der Waals surface area contributed by atoms with E-state index in [-0.39, 0.29) is 0 Å². The second-order valence-corrected chi connectivity index (χ2v) is 5.49. The Morgan fingerprint density at radius 1 is 1.13 bits per heavy atom. The van der Waals surface area contributed by atoms with E-state index in [4.69, 9.17) is 0 Å². The van der Waals surface area contributed by atoms with Gasteiger partial charge >= 0.3 is 0 Å². The Balaban J connectivity index is 1.67. The van der Waals surface area contributed by atoms with Crippen LogP contribution in [0.3, 0.4) is 0 Å². The average molecular weight is 210 g/mol. The lowest BCUT2D eigenvalue weighted by Gasteiger charge is -2.32. The van der Waals surface area contributed by atoms with Crippen molar-refractivity contribution < 1.29 is 0 Å². The van der Waals surface area contributed by atoms with Crippen LogP contribution in [0.5, 0.6) is 0 Å². The van der Waals surface area contributed by atoms with Crippen molar-refractivity contribution in [2.45, 2.75) is 51.5 Å². The molecule has 1 aliphatic carbocycles. The summed E-state index contributed by atoms with van der Waals surface area (Å²) >= 11 is 0. The van der Waals surface area contributed by atoms with Crippen LogP contribution in [-0.4, -0.2) is 25.7 Å². The molecule has 2 N–H and O–H groups in total. The minimum atomic E-state index is 0.771. The molecule has 2 fully saturated rings. The van der Waals surface area contributed by atoms with Gasteiger partial charge in [-0.15, -0.1) is 0 Å². The third-order valence-corrected chi connectivity index (χ3v) is 4.18. The Morgan fingerprint density at radius 3 is 2.67 bits per heavy atom. The van der Waals surface area contributed by atoms with Crippen molar-refractivity contribution in [3.05, 3.63) is 0 Å². The fourth-order valence-electron chi connectivity index (χ4n) is 3.03. The summed E-state index contributed by atoms with van der Waals surface area (Å²) in [4.78, 5) is 0. The smallest absolute Gasteiger partial charge is 0.0117 e. The first-order valence-corrected chi connectivity index (χ1v) is 6.80. The molecule has 15 heavy (non-hydrogen) atoms. The summed E-state index contributed by atoms with van der Waals surface area (Å²) in [6, 6.07) is 0.771. The summed E-state index contributed by atoms with van der Waals surface area (Å²) in [5, 5.41) is 7.26. The fraction of sp³-hybridized carbons (Fsp3) is 1.00. The zero-order valence-electron chi connectivity index (χ0n) is 10.1. The van der Waals surface area contributed by atoms with E-state index in [0.717, 1.165) is 17.9 Å². The molecule has 2 nitrogen and oxygen atoms in total. The molecule has 88 valence electrons. The predicted octanol–water partition coefficient (Wildman–Crippen LogP) is 2.15. The maximum Gasteiger partial charge on any atom is 0.0117 e. The van der Waals surface area contributed by atoms with Crippen LogP contribution in [0.15, 0.2) is 0 Å². The maximum absolute atomic E-state index is 3.80. The third-order valence-electron chi connectivity index (χ3n) is 4.18. The van der Waals surface area contributed by atoms with Gasteiger partial charge in [-0.2, -0.15) is 0 Å². The number of nitrogens with one attached hydrogen (secondary N) is 2. The molecule has 2 rings (SSSR count). The van der Waals surface area contributed by atoms with Crippen molar-refractivity contribution in [3.8, 4) is 0 Å². The van der Waals surface area contributed by atoms with Crippen molar-refractivity contribution >= 4 is 0 Å². The van der Waals surface area contributed by atoms with Gasteiger partial charge in [0, 0.05) is 6.04 Å². The van der Waals surface area contributed by atoms with Gasteiger partial charge in [-0.05, 0) is 50.7 Å². The highest BCUT2D eigenvalue weighted by Gasteiger charge is 2.22. The zero-order valence-corrected chi connectivity index (χ0v) is 10.1. The molecule has 1 heterocycles. The Bertz CT molecular complexity index is 175. The Kier molecular flexibility index (Phi) is 4.45. The topological polar surface area (TPSA) is 24.1 Å². The van der Waals surface area contributed by atoms with Crippen LogP contribution in [0.4, 0.5) is 0 Å². The SMILES string of the molecule is CC1CNCCC1NCC1CCCCC1. The van der Waals surface area contributed by atoms with E-state index >= 15 is 0 Å². The van der Waals surface area contributed by atoms with Crippen LogP contribution in [0.1, 0.15) is 45.4 Å². The number of hydrogen-bond acceptors (Lipinski definition) is 2. The van der Waals surface area contributed by atoms with Crippen molar-refractivity contribution in [1.29, 1.82) is 0 Å². The van der Waals surface area contributed by atoms with Gasteiger partial charge in [-0.3, -0.25) is 0 Å². The van der Waals surface area contributed by atoms with E-state index in [1.54, 1.807) is 0 Å². The molecule has 0 spiro atoms. The second-order valence-electron chi connectivity index (χ2n) is 5.49. The van der Waals surface area contributed by atoms with Crippen molar-refractivity contribution in [2.75, 3.05) is 19.6 Å². The van der Waals surface area contributed by atoms with E-state index in [2.05, 4.69) is 17.6 Å². The molecule has 1 saturated heterocycles. The van der Waals surface area contributed by atoms with E-state index in [0.29, 0.717) is 0 Å². The first-order chi connectivity index (χ1) is 7.36. The minimum absolute atomic E-state index is 0.771. The quantitative estimate of drug-likeness (QED) is 0.746. The second kappa shape index (κ2) is 5.86. The van der Waals surface area contributed by atoms with Crippen molar-refractivity contribution in [2.24, 2.45) is 11.8 Å². The minimum Gasteiger partial charge on any atom is -0.316 e.